The summed E-state index contributed by atoms with van der Waals surface area (Å²) in [6.45, 7) is 1.58. The summed E-state index contributed by atoms with van der Waals surface area (Å²) in [7, 11) is 1.40. The normalized spacial score (nSPS) is 10.1. The molecule has 14 heavy (non-hydrogen) atoms. The molecule has 0 saturated carbocycles. The summed E-state index contributed by atoms with van der Waals surface area (Å²) < 4.78 is 9.43. The second kappa shape index (κ2) is 6.21. The van der Waals surface area contributed by atoms with Gasteiger partial charge in [0, 0.05) is 18.5 Å². The van der Waals surface area contributed by atoms with Gasteiger partial charge in [0.2, 0.25) is 0 Å². The lowest BCUT2D eigenvalue weighted by atomic mass is 10.3. The van der Waals surface area contributed by atoms with E-state index in [1.807, 2.05) is 6.07 Å². The van der Waals surface area contributed by atoms with Gasteiger partial charge in [-0.1, -0.05) is 0 Å². The zero-order valence-electron chi connectivity index (χ0n) is 8.29. The number of carbonyl (C=O) groups excluding carboxylic acids is 1. The van der Waals surface area contributed by atoms with Gasteiger partial charge in [0.25, 0.3) is 0 Å². The molecule has 4 nitrogen and oxygen atoms in total. The van der Waals surface area contributed by atoms with Gasteiger partial charge in [0.1, 0.15) is 0 Å². The number of ether oxygens (including phenoxy) is 1. The van der Waals surface area contributed by atoms with E-state index in [1.54, 1.807) is 12.5 Å². The summed E-state index contributed by atoms with van der Waals surface area (Å²) in [5, 5.41) is 3.20. The third-order valence-electron chi connectivity index (χ3n) is 1.87. The molecular formula is C10H15NO3. The van der Waals surface area contributed by atoms with E-state index in [-0.39, 0.29) is 5.97 Å². The van der Waals surface area contributed by atoms with E-state index in [0.717, 1.165) is 25.1 Å². The average Bonchev–Trinajstić information content (AvgIpc) is 2.69. The Bertz CT molecular complexity index is 256. The van der Waals surface area contributed by atoms with E-state index >= 15 is 0 Å². The largest absolute Gasteiger partial charge is 0.472 e. The van der Waals surface area contributed by atoms with Crippen LogP contribution in [0.3, 0.4) is 0 Å². The molecule has 0 atom stereocenters. The Morgan fingerprint density at radius 2 is 2.50 bits per heavy atom. The van der Waals surface area contributed by atoms with Gasteiger partial charge in [-0.25, -0.2) is 0 Å². The number of carbonyl (C=O) groups is 1. The number of furan rings is 1. The molecule has 0 aliphatic carbocycles. The second-order valence-electron chi connectivity index (χ2n) is 2.99. The minimum absolute atomic E-state index is 0.157. The van der Waals surface area contributed by atoms with Crippen molar-refractivity contribution in [3.63, 3.8) is 0 Å². The Morgan fingerprint density at radius 3 is 3.14 bits per heavy atom. The summed E-state index contributed by atoms with van der Waals surface area (Å²) in [4.78, 5) is 10.7. The quantitative estimate of drug-likeness (QED) is 0.552. The monoisotopic (exact) mass is 197 g/mol. The lowest BCUT2D eigenvalue weighted by molar-refractivity contribution is -0.140. The van der Waals surface area contributed by atoms with Gasteiger partial charge in [-0.05, 0) is 19.0 Å². The van der Waals surface area contributed by atoms with Crippen LogP contribution in [0.4, 0.5) is 0 Å². The Labute approximate surface area is 83.2 Å². The van der Waals surface area contributed by atoms with Gasteiger partial charge >= 0.3 is 5.97 Å². The third-order valence-corrected chi connectivity index (χ3v) is 1.87. The summed E-state index contributed by atoms with van der Waals surface area (Å²) in [6, 6.07) is 1.91. The molecule has 0 spiro atoms. The van der Waals surface area contributed by atoms with Crippen molar-refractivity contribution < 1.29 is 13.9 Å². The predicted molar refractivity (Wildman–Crippen MR) is 51.7 cm³/mol. The summed E-state index contributed by atoms with van der Waals surface area (Å²) >= 11 is 0. The highest BCUT2D eigenvalue weighted by Crippen LogP contribution is 1.98. The molecule has 1 rings (SSSR count). The predicted octanol–water partition coefficient (Wildman–Crippen LogP) is 1.32. The topological polar surface area (TPSA) is 51.5 Å². The van der Waals surface area contributed by atoms with Crippen molar-refractivity contribution in [2.45, 2.75) is 19.4 Å². The molecule has 1 aromatic heterocycles. The molecule has 0 bridgehead atoms. The summed E-state index contributed by atoms with van der Waals surface area (Å²) in [5.74, 6) is -0.157. The number of hydrogen-bond donors (Lipinski definition) is 1. The minimum atomic E-state index is -0.157. The van der Waals surface area contributed by atoms with Crippen LogP contribution in [0.1, 0.15) is 18.4 Å². The molecule has 78 valence electrons. The number of nitrogens with one attached hydrogen (secondary N) is 1. The smallest absolute Gasteiger partial charge is 0.305 e. The van der Waals surface area contributed by atoms with E-state index in [9.17, 15) is 4.79 Å². The van der Waals surface area contributed by atoms with Crippen LogP contribution in [0.2, 0.25) is 0 Å². The van der Waals surface area contributed by atoms with Crippen molar-refractivity contribution in [3.8, 4) is 0 Å². The van der Waals surface area contributed by atoms with Crippen molar-refractivity contribution in [2.75, 3.05) is 13.7 Å². The number of esters is 1. The first-order chi connectivity index (χ1) is 6.83. The maximum atomic E-state index is 10.7. The second-order valence-corrected chi connectivity index (χ2v) is 2.99. The minimum Gasteiger partial charge on any atom is -0.472 e. The maximum Gasteiger partial charge on any atom is 0.305 e. The molecule has 0 radical (unpaired) electrons. The van der Waals surface area contributed by atoms with E-state index in [1.165, 1.54) is 7.11 Å². The van der Waals surface area contributed by atoms with Gasteiger partial charge in [-0.15, -0.1) is 0 Å². The zero-order chi connectivity index (χ0) is 10.2. The standard InChI is InChI=1S/C10H15NO3/c1-13-10(12)3-2-5-11-7-9-4-6-14-8-9/h4,6,8,11H,2-3,5,7H2,1H3. The van der Waals surface area contributed by atoms with Gasteiger partial charge in [-0.3, -0.25) is 4.79 Å². The first-order valence-corrected chi connectivity index (χ1v) is 4.61. The van der Waals surface area contributed by atoms with Crippen LogP contribution in [0.5, 0.6) is 0 Å². The van der Waals surface area contributed by atoms with Crippen molar-refractivity contribution in [1.29, 1.82) is 0 Å². The summed E-state index contributed by atoms with van der Waals surface area (Å²) in [5.41, 5.74) is 1.11. The number of hydrogen-bond acceptors (Lipinski definition) is 4. The van der Waals surface area contributed by atoms with Crippen molar-refractivity contribution in [3.05, 3.63) is 24.2 Å². The fourth-order valence-corrected chi connectivity index (χ4v) is 1.09. The highest BCUT2D eigenvalue weighted by Gasteiger charge is 1.98. The van der Waals surface area contributed by atoms with Crippen LogP contribution in [0.15, 0.2) is 23.0 Å². The van der Waals surface area contributed by atoms with E-state index in [0.29, 0.717) is 6.42 Å². The Balaban J connectivity index is 1.97. The summed E-state index contributed by atoms with van der Waals surface area (Å²) in [6.07, 6.45) is 4.61. The van der Waals surface area contributed by atoms with Crippen LogP contribution in [0.25, 0.3) is 0 Å². The molecule has 0 aliphatic heterocycles. The van der Waals surface area contributed by atoms with Gasteiger partial charge in [0.05, 0.1) is 19.6 Å². The van der Waals surface area contributed by atoms with Crippen LogP contribution < -0.4 is 5.32 Å². The number of methoxy groups -OCH3 is 1. The van der Waals surface area contributed by atoms with E-state index in [2.05, 4.69) is 10.1 Å². The van der Waals surface area contributed by atoms with Crippen molar-refractivity contribution in [2.24, 2.45) is 0 Å². The molecule has 0 unspecified atom stereocenters. The molecule has 0 amide bonds. The first-order valence-electron chi connectivity index (χ1n) is 4.61. The fourth-order valence-electron chi connectivity index (χ4n) is 1.09. The third kappa shape index (κ3) is 4.09. The molecule has 1 N–H and O–H groups in total. The van der Waals surface area contributed by atoms with Crippen LogP contribution in [0, 0.1) is 0 Å². The molecule has 0 aromatic carbocycles. The lowest BCUT2D eigenvalue weighted by Gasteiger charge is -2.01. The zero-order valence-corrected chi connectivity index (χ0v) is 8.29. The Hall–Kier alpha value is -1.29. The van der Waals surface area contributed by atoms with Crippen LogP contribution in [-0.4, -0.2) is 19.6 Å². The van der Waals surface area contributed by atoms with Gasteiger partial charge in [0.15, 0.2) is 0 Å². The molecule has 4 heteroatoms. The fraction of sp³-hybridized carbons (Fsp3) is 0.500. The van der Waals surface area contributed by atoms with E-state index in [4.69, 9.17) is 4.42 Å². The molecule has 1 aromatic rings. The molecule has 0 aliphatic rings. The first kappa shape index (κ1) is 10.8. The van der Waals surface area contributed by atoms with Crippen molar-refractivity contribution >= 4 is 5.97 Å². The highest BCUT2D eigenvalue weighted by molar-refractivity contribution is 5.69. The average molecular weight is 197 g/mol. The molecule has 0 saturated heterocycles. The Kier molecular flexibility index (Phi) is 4.78. The van der Waals surface area contributed by atoms with Crippen LogP contribution in [-0.2, 0) is 16.1 Å². The van der Waals surface area contributed by atoms with E-state index < -0.39 is 0 Å². The Morgan fingerprint density at radius 1 is 1.64 bits per heavy atom. The molecule has 0 fully saturated rings. The SMILES string of the molecule is COC(=O)CCCNCc1ccoc1. The highest BCUT2D eigenvalue weighted by atomic mass is 16.5. The maximum absolute atomic E-state index is 10.7. The van der Waals surface area contributed by atoms with Crippen LogP contribution >= 0.6 is 0 Å². The molecule has 1 heterocycles. The number of rotatable bonds is 6. The van der Waals surface area contributed by atoms with Gasteiger partial charge in [-0.2, -0.15) is 0 Å². The van der Waals surface area contributed by atoms with Crippen molar-refractivity contribution in [1.82, 2.24) is 5.32 Å². The molecular weight excluding hydrogens is 182 g/mol. The van der Waals surface area contributed by atoms with Gasteiger partial charge < -0.3 is 14.5 Å². The lowest BCUT2D eigenvalue weighted by Crippen LogP contribution is -2.15.